The summed E-state index contributed by atoms with van der Waals surface area (Å²) in [6, 6.07) is 13.5. The molecule has 0 fully saturated rings. The maximum absolute atomic E-state index is 13.1. The number of nitrogens with two attached hydrogens (primary N) is 1. The molecule has 214 valence electrons. The van der Waals surface area contributed by atoms with Gasteiger partial charge in [-0.05, 0) is 50.0 Å². The van der Waals surface area contributed by atoms with Crippen molar-refractivity contribution in [2.75, 3.05) is 11.1 Å². The van der Waals surface area contributed by atoms with Crippen molar-refractivity contribution in [3.8, 4) is 0 Å². The van der Waals surface area contributed by atoms with E-state index in [1.807, 2.05) is 32.1 Å². The fourth-order valence-corrected chi connectivity index (χ4v) is 5.86. The molecule has 10 heteroatoms. The molecule has 5 N–H and O–H groups in total. The van der Waals surface area contributed by atoms with Crippen LogP contribution in [0.2, 0.25) is 0 Å². The number of allylic oxidation sites excluding steroid dienone is 1. The lowest BCUT2D eigenvalue weighted by atomic mass is 10.1. The molecule has 5 rings (SSSR count). The number of anilines is 2. The van der Waals surface area contributed by atoms with Crippen LogP contribution in [0.25, 0.3) is 10.1 Å². The van der Waals surface area contributed by atoms with Crippen molar-refractivity contribution in [1.82, 2.24) is 19.9 Å². The molecule has 0 aliphatic carbocycles. The van der Waals surface area contributed by atoms with Crippen molar-refractivity contribution in [3.05, 3.63) is 93.1 Å². The molecule has 3 aromatic heterocycles. The topological polar surface area (TPSA) is 139 Å². The van der Waals surface area contributed by atoms with E-state index < -0.39 is 6.04 Å². The minimum Gasteiger partial charge on any atom is -0.384 e. The lowest BCUT2D eigenvalue weighted by Crippen LogP contribution is -2.37. The van der Waals surface area contributed by atoms with Crippen LogP contribution in [0.4, 0.5) is 11.5 Å². The minimum absolute atomic E-state index is 0.207. The zero-order valence-corrected chi connectivity index (χ0v) is 24.5. The fourth-order valence-electron chi connectivity index (χ4n) is 4.84. The molecule has 2 atom stereocenters. The number of benzene rings is 1. The van der Waals surface area contributed by atoms with Crippen molar-refractivity contribution in [3.63, 3.8) is 0 Å². The molecular weight excluding hydrogens is 534 g/mol. The number of hydrogen-bond acceptors (Lipinski definition) is 8. The number of nitrogens with zero attached hydrogens (tertiary/aromatic N) is 3. The molecule has 1 amide bonds. The zero-order valence-electron chi connectivity index (χ0n) is 23.7. The van der Waals surface area contributed by atoms with E-state index in [1.165, 1.54) is 35.4 Å². The fraction of sp³-hybridized carbons (Fsp3) is 0.323. The molecule has 0 saturated carbocycles. The first-order chi connectivity index (χ1) is 19.8. The first-order valence-corrected chi connectivity index (χ1v) is 14.6. The van der Waals surface area contributed by atoms with Gasteiger partial charge >= 0.3 is 0 Å². The van der Waals surface area contributed by atoms with Crippen LogP contribution < -0.4 is 21.9 Å². The molecule has 1 aromatic carbocycles. The molecule has 0 bridgehead atoms. The summed E-state index contributed by atoms with van der Waals surface area (Å²) in [6.45, 7) is 6.28. The second-order valence-corrected chi connectivity index (χ2v) is 11.1. The summed E-state index contributed by atoms with van der Waals surface area (Å²) in [4.78, 5) is 35.6. The Morgan fingerprint density at radius 1 is 1.24 bits per heavy atom. The normalized spacial score (nSPS) is 15.0. The van der Waals surface area contributed by atoms with Crippen molar-refractivity contribution >= 4 is 45.0 Å². The zero-order chi connectivity index (χ0) is 29.4. The lowest BCUT2D eigenvalue weighted by Gasteiger charge is -2.18. The van der Waals surface area contributed by atoms with Gasteiger partial charge < -0.3 is 21.8 Å². The number of carbonyl (C=O) groups is 1. The van der Waals surface area contributed by atoms with Crippen molar-refractivity contribution < 1.29 is 4.79 Å². The Labute approximate surface area is 244 Å². The summed E-state index contributed by atoms with van der Waals surface area (Å²) in [5, 5.41) is 14.5. The third kappa shape index (κ3) is 7.26. The van der Waals surface area contributed by atoms with Gasteiger partial charge in [0, 0.05) is 39.8 Å². The summed E-state index contributed by atoms with van der Waals surface area (Å²) < 4.78 is 2.50. The van der Waals surface area contributed by atoms with Crippen LogP contribution in [0.15, 0.2) is 71.3 Å². The number of carbonyl (C=O) groups excluding carboxylic acids is 1. The number of hydrogen-bond donors (Lipinski definition) is 4. The number of aryl methyl sites for hydroxylation is 2. The smallest absolute Gasteiger partial charge is 0.277 e. The highest BCUT2D eigenvalue weighted by Crippen LogP contribution is 2.27. The Bertz CT molecular complexity index is 1590. The quantitative estimate of drug-likeness (QED) is 0.202. The van der Waals surface area contributed by atoms with E-state index in [4.69, 9.17) is 11.1 Å². The molecule has 2 unspecified atom stereocenters. The Hall–Kier alpha value is -4.31. The van der Waals surface area contributed by atoms with E-state index in [1.54, 1.807) is 17.5 Å². The van der Waals surface area contributed by atoms with Gasteiger partial charge in [0.05, 0.1) is 12.7 Å². The molecule has 4 aromatic rings. The molecule has 0 saturated heterocycles. The van der Waals surface area contributed by atoms with Crippen LogP contribution in [-0.4, -0.2) is 32.7 Å². The van der Waals surface area contributed by atoms with Crippen molar-refractivity contribution in [2.24, 2.45) is 0 Å². The van der Waals surface area contributed by atoms with Crippen LogP contribution >= 0.6 is 11.3 Å². The maximum Gasteiger partial charge on any atom is 0.277 e. The number of nitrogens with one attached hydrogen (secondary N) is 3. The number of aromatic nitrogens is 3. The standard InChI is InChI=1S/C22H25N7O2S.C9H12/c1-3-13(8-23)12(2)28-16-11-26-20-5-4-17(29(20)22(16)31)21(30)27-10-15-6-14-9-25-19(24)7-18(14)32-15;1-2-6-9-7-4-3-5-8-9/h3,6-9,11-12,17,23,28H,4-5,10H2,1-2H3,(H2,24,25)(H,27,30);3-5,7-8H,2,6H2,1H3/b13-3+,23-8?;. The van der Waals surface area contributed by atoms with Gasteiger partial charge in [0.15, 0.2) is 0 Å². The van der Waals surface area contributed by atoms with Gasteiger partial charge in [0.25, 0.3) is 5.56 Å². The summed E-state index contributed by atoms with van der Waals surface area (Å²) in [5.41, 5.74) is 7.98. The highest BCUT2D eigenvalue weighted by Gasteiger charge is 2.31. The molecular formula is C31H37N7O2S. The molecule has 1 aliphatic heterocycles. The summed E-state index contributed by atoms with van der Waals surface area (Å²) in [7, 11) is 0. The molecule has 0 radical (unpaired) electrons. The maximum atomic E-state index is 13.1. The minimum atomic E-state index is -0.599. The van der Waals surface area contributed by atoms with Crippen LogP contribution in [-0.2, 0) is 24.2 Å². The highest BCUT2D eigenvalue weighted by atomic mass is 32.1. The van der Waals surface area contributed by atoms with Crippen LogP contribution in [0, 0.1) is 5.41 Å². The van der Waals surface area contributed by atoms with Gasteiger partial charge in [0.1, 0.15) is 23.4 Å². The monoisotopic (exact) mass is 571 g/mol. The van der Waals surface area contributed by atoms with E-state index in [9.17, 15) is 9.59 Å². The number of fused-ring (bicyclic) bond motifs is 2. The van der Waals surface area contributed by atoms with E-state index in [0.29, 0.717) is 36.7 Å². The van der Waals surface area contributed by atoms with Gasteiger partial charge in [0.2, 0.25) is 5.91 Å². The molecule has 9 nitrogen and oxygen atoms in total. The summed E-state index contributed by atoms with van der Waals surface area (Å²) >= 11 is 1.55. The van der Waals surface area contributed by atoms with E-state index in [0.717, 1.165) is 20.5 Å². The molecule has 41 heavy (non-hydrogen) atoms. The van der Waals surface area contributed by atoms with Gasteiger partial charge in [-0.25, -0.2) is 9.97 Å². The van der Waals surface area contributed by atoms with Gasteiger partial charge in [-0.3, -0.25) is 14.2 Å². The van der Waals surface area contributed by atoms with Crippen LogP contribution in [0.3, 0.4) is 0 Å². The van der Waals surface area contributed by atoms with Gasteiger partial charge in [-0.15, -0.1) is 11.3 Å². The average Bonchev–Trinajstić information content (AvgIpc) is 3.59. The Morgan fingerprint density at radius 3 is 2.73 bits per heavy atom. The number of rotatable bonds is 9. The molecule has 0 spiro atoms. The largest absolute Gasteiger partial charge is 0.384 e. The summed E-state index contributed by atoms with van der Waals surface area (Å²) in [6.07, 6.45) is 9.85. The lowest BCUT2D eigenvalue weighted by molar-refractivity contribution is -0.124. The average molecular weight is 572 g/mol. The van der Waals surface area contributed by atoms with Gasteiger partial charge in [-0.2, -0.15) is 0 Å². The number of amides is 1. The van der Waals surface area contributed by atoms with Crippen molar-refractivity contribution in [2.45, 2.75) is 65.1 Å². The SMILES string of the molecule is C/C=C(\C=N)C(C)Nc1cnc2n(c1=O)C(C(=O)NCc1cc3cnc(N)cc3s1)CC2.CCCc1ccccc1. The predicted octanol–water partition coefficient (Wildman–Crippen LogP) is 5.27. The van der Waals surface area contributed by atoms with Crippen LogP contribution in [0.5, 0.6) is 0 Å². The molecule has 4 heterocycles. The number of pyridine rings is 1. The van der Waals surface area contributed by atoms with E-state index in [2.05, 4.69) is 57.9 Å². The van der Waals surface area contributed by atoms with E-state index in [-0.39, 0.29) is 17.5 Å². The second-order valence-electron chi connectivity index (χ2n) is 9.93. The molecule has 1 aliphatic rings. The van der Waals surface area contributed by atoms with Gasteiger partial charge in [-0.1, -0.05) is 49.8 Å². The first kappa shape index (κ1) is 29.7. The third-order valence-electron chi connectivity index (χ3n) is 6.99. The third-order valence-corrected chi connectivity index (χ3v) is 8.09. The van der Waals surface area contributed by atoms with Crippen molar-refractivity contribution in [1.29, 1.82) is 5.41 Å². The Kier molecular flexibility index (Phi) is 10.0. The summed E-state index contributed by atoms with van der Waals surface area (Å²) in [5.74, 6) is 0.863. The predicted molar refractivity (Wildman–Crippen MR) is 168 cm³/mol. The Balaban J connectivity index is 0.000000367. The number of nitrogen functional groups attached to an aromatic ring is 1. The highest BCUT2D eigenvalue weighted by molar-refractivity contribution is 7.19. The number of thiophene rings is 1. The van der Waals surface area contributed by atoms with Crippen LogP contribution in [0.1, 0.15) is 55.9 Å². The second kappa shape index (κ2) is 13.8. The Morgan fingerprint density at radius 2 is 2.02 bits per heavy atom. The first-order valence-electron chi connectivity index (χ1n) is 13.8. The van der Waals surface area contributed by atoms with E-state index >= 15 is 0 Å².